The number of thiazole rings is 1. The van der Waals surface area contributed by atoms with Crippen molar-refractivity contribution < 1.29 is 9.47 Å². The molecule has 0 saturated carbocycles. The number of rotatable bonds is 5. The zero-order valence-corrected chi connectivity index (χ0v) is 15.8. The van der Waals surface area contributed by atoms with Gasteiger partial charge < -0.3 is 14.4 Å². The van der Waals surface area contributed by atoms with Crippen molar-refractivity contribution in [1.29, 1.82) is 0 Å². The molecule has 0 radical (unpaired) electrons. The van der Waals surface area contributed by atoms with Crippen LogP contribution >= 0.6 is 11.3 Å². The highest BCUT2D eigenvalue weighted by molar-refractivity contribution is 7.13. The summed E-state index contributed by atoms with van der Waals surface area (Å²) in [5.74, 6) is 1.76. The summed E-state index contributed by atoms with van der Waals surface area (Å²) in [7, 11) is 4.10. The predicted octanol–water partition coefficient (Wildman–Crippen LogP) is 5.06. The van der Waals surface area contributed by atoms with Crippen LogP contribution in [0.5, 0.6) is 16.7 Å². The Morgan fingerprint density at radius 1 is 1.19 bits per heavy atom. The van der Waals surface area contributed by atoms with Gasteiger partial charge in [-0.2, -0.15) is 0 Å². The monoisotopic (exact) mass is 366 g/mol. The summed E-state index contributed by atoms with van der Waals surface area (Å²) in [6.45, 7) is 0.875. The lowest BCUT2D eigenvalue weighted by molar-refractivity contribution is 0.176. The van der Waals surface area contributed by atoms with Gasteiger partial charge in [0.2, 0.25) is 0 Å². The molecular formula is C21H22N2O2S. The Balaban J connectivity index is 1.46. The van der Waals surface area contributed by atoms with E-state index in [-0.39, 0.29) is 6.10 Å². The number of benzene rings is 2. The molecule has 5 heteroatoms. The molecular weight excluding hydrogens is 344 g/mol. The summed E-state index contributed by atoms with van der Waals surface area (Å²) in [4.78, 5) is 7.68. The summed E-state index contributed by atoms with van der Waals surface area (Å²) in [5, 5.41) is 0.681. The topological polar surface area (TPSA) is 34.6 Å². The molecule has 4 rings (SSSR count). The van der Waals surface area contributed by atoms with Crippen molar-refractivity contribution in [3.8, 4) is 16.7 Å². The highest BCUT2D eigenvalue weighted by Gasteiger charge is 2.21. The Kier molecular flexibility index (Phi) is 4.91. The third kappa shape index (κ3) is 3.89. The number of fused-ring (bicyclic) bond motifs is 1. The lowest BCUT2D eigenvalue weighted by Gasteiger charge is -2.26. The molecule has 1 aliphatic heterocycles. The Morgan fingerprint density at radius 3 is 2.85 bits per heavy atom. The van der Waals surface area contributed by atoms with Crippen LogP contribution in [-0.4, -0.2) is 24.0 Å². The molecule has 4 nitrogen and oxygen atoms in total. The summed E-state index contributed by atoms with van der Waals surface area (Å²) < 4.78 is 12.1. The van der Waals surface area contributed by atoms with E-state index < -0.39 is 0 Å². The van der Waals surface area contributed by atoms with Gasteiger partial charge in [-0.3, -0.25) is 0 Å². The Bertz CT molecular complexity index is 877. The van der Waals surface area contributed by atoms with Gasteiger partial charge in [0.1, 0.15) is 17.6 Å². The molecule has 1 unspecified atom stereocenters. The SMILES string of the molecule is CN(C)Cc1cnc(Oc2ccc3c(c2)CCC(c2ccccc2)O3)s1. The van der Waals surface area contributed by atoms with Crippen LogP contribution in [0.2, 0.25) is 0 Å². The maximum Gasteiger partial charge on any atom is 0.278 e. The predicted molar refractivity (Wildman–Crippen MR) is 104 cm³/mol. The van der Waals surface area contributed by atoms with E-state index in [9.17, 15) is 0 Å². The van der Waals surface area contributed by atoms with Gasteiger partial charge in [0.05, 0.1) is 0 Å². The third-order valence-electron chi connectivity index (χ3n) is 4.36. The van der Waals surface area contributed by atoms with Crippen LogP contribution in [0.1, 0.15) is 28.5 Å². The highest BCUT2D eigenvalue weighted by atomic mass is 32.1. The number of hydrogen-bond donors (Lipinski definition) is 0. The molecule has 2 aromatic carbocycles. The average molecular weight is 366 g/mol. The first-order chi connectivity index (χ1) is 12.7. The van der Waals surface area contributed by atoms with Crippen LogP contribution in [0.15, 0.2) is 54.7 Å². The molecule has 0 fully saturated rings. The van der Waals surface area contributed by atoms with E-state index in [4.69, 9.17) is 9.47 Å². The van der Waals surface area contributed by atoms with Gasteiger partial charge in [0.25, 0.3) is 5.19 Å². The van der Waals surface area contributed by atoms with Crippen molar-refractivity contribution in [2.75, 3.05) is 14.1 Å². The van der Waals surface area contributed by atoms with Gasteiger partial charge in [-0.1, -0.05) is 41.7 Å². The van der Waals surface area contributed by atoms with Crippen LogP contribution in [0, 0.1) is 0 Å². The van der Waals surface area contributed by atoms with Crippen LogP contribution in [-0.2, 0) is 13.0 Å². The van der Waals surface area contributed by atoms with Gasteiger partial charge in [-0.05, 0) is 56.3 Å². The fourth-order valence-electron chi connectivity index (χ4n) is 3.15. The van der Waals surface area contributed by atoms with Crippen LogP contribution in [0.25, 0.3) is 0 Å². The van der Waals surface area contributed by atoms with Crippen molar-refractivity contribution >= 4 is 11.3 Å². The van der Waals surface area contributed by atoms with E-state index >= 15 is 0 Å². The summed E-state index contributed by atoms with van der Waals surface area (Å²) in [5.41, 5.74) is 2.43. The Labute approximate surface area is 158 Å². The van der Waals surface area contributed by atoms with Gasteiger partial charge in [0, 0.05) is 17.6 Å². The Morgan fingerprint density at radius 2 is 2.04 bits per heavy atom. The number of ether oxygens (including phenoxy) is 2. The number of aromatic nitrogens is 1. The molecule has 1 aliphatic rings. The fourth-order valence-corrected chi connectivity index (χ4v) is 4.05. The first-order valence-electron chi connectivity index (χ1n) is 8.79. The van der Waals surface area contributed by atoms with E-state index in [0.717, 1.165) is 30.9 Å². The van der Waals surface area contributed by atoms with Crippen LogP contribution in [0.4, 0.5) is 0 Å². The quantitative estimate of drug-likeness (QED) is 0.632. The maximum atomic E-state index is 6.20. The zero-order valence-electron chi connectivity index (χ0n) is 15.0. The largest absolute Gasteiger partial charge is 0.485 e. The molecule has 0 N–H and O–H groups in total. The van der Waals surface area contributed by atoms with Crippen molar-refractivity contribution in [3.05, 3.63) is 70.7 Å². The molecule has 0 spiro atoms. The minimum absolute atomic E-state index is 0.128. The summed E-state index contributed by atoms with van der Waals surface area (Å²) in [6, 6.07) is 16.4. The molecule has 0 bridgehead atoms. The zero-order chi connectivity index (χ0) is 17.9. The number of aryl methyl sites for hydroxylation is 1. The van der Waals surface area contributed by atoms with Crippen LogP contribution < -0.4 is 9.47 Å². The normalized spacial score (nSPS) is 16.2. The second-order valence-electron chi connectivity index (χ2n) is 6.76. The Hall–Kier alpha value is -2.37. The first-order valence-corrected chi connectivity index (χ1v) is 9.61. The van der Waals surface area contributed by atoms with E-state index in [2.05, 4.69) is 40.2 Å². The minimum Gasteiger partial charge on any atom is -0.485 e. The van der Waals surface area contributed by atoms with Crippen molar-refractivity contribution in [3.63, 3.8) is 0 Å². The van der Waals surface area contributed by atoms with Gasteiger partial charge in [0.15, 0.2) is 0 Å². The second kappa shape index (κ2) is 7.48. The molecule has 1 atom stereocenters. The van der Waals surface area contributed by atoms with E-state index in [0.29, 0.717) is 5.19 Å². The lowest BCUT2D eigenvalue weighted by Crippen LogP contribution is -2.15. The molecule has 134 valence electrons. The standard InChI is InChI=1S/C21H22N2O2S/c1-23(2)14-18-13-22-21(26-18)24-17-9-11-20-16(12-17)8-10-19(25-20)15-6-4-3-5-7-15/h3-7,9,11-13,19H,8,10,14H2,1-2H3. The third-order valence-corrected chi connectivity index (χ3v) is 5.22. The van der Waals surface area contributed by atoms with E-state index in [1.165, 1.54) is 16.0 Å². The second-order valence-corrected chi connectivity index (χ2v) is 7.84. The highest BCUT2D eigenvalue weighted by Crippen LogP contribution is 2.38. The van der Waals surface area contributed by atoms with Gasteiger partial charge >= 0.3 is 0 Å². The molecule has 3 aromatic rings. The van der Waals surface area contributed by atoms with Gasteiger partial charge in [-0.15, -0.1) is 0 Å². The molecule has 1 aromatic heterocycles. The molecule has 0 aliphatic carbocycles. The first kappa shape index (κ1) is 17.1. The summed E-state index contributed by atoms with van der Waals surface area (Å²) >= 11 is 1.58. The minimum atomic E-state index is 0.128. The lowest BCUT2D eigenvalue weighted by atomic mass is 9.97. The van der Waals surface area contributed by atoms with E-state index in [1.54, 1.807) is 11.3 Å². The smallest absolute Gasteiger partial charge is 0.278 e. The van der Waals surface area contributed by atoms with Gasteiger partial charge in [-0.25, -0.2) is 4.98 Å². The van der Waals surface area contributed by atoms with E-state index in [1.807, 2.05) is 38.5 Å². The number of hydrogen-bond acceptors (Lipinski definition) is 5. The number of nitrogens with zero attached hydrogens (tertiary/aromatic N) is 2. The molecule has 0 saturated heterocycles. The summed E-state index contributed by atoms with van der Waals surface area (Å²) in [6.07, 6.45) is 3.97. The van der Waals surface area contributed by atoms with Crippen molar-refractivity contribution in [2.45, 2.75) is 25.5 Å². The molecule has 0 amide bonds. The molecule has 2 heterocycles. The average Bonchev–Trinajstić information content (AvgIpc) is 3.08. The maximum absolute atomic E-state index is 6.20. The molecule has 26 heavy (non-hydrogen) atoms. The van der Waals surface area contributed by atoms with Crippen LogP contribution in [0.3, 0.4) is 0 Å². The fraction of sp³-hybridized carbons (Fsp3) is 0.286. The van der Waals surface area contributed by atoms with Crippen molar-refractivity contribution in [1.82, 2.24) is 9.88 Å². The van der Waals surface area contributed by atoms with Crippen molar-refractivity contribution in [2.24, 2.45) is 0 Å².